The van der Waals surface area contributed by atoms with Gasteiger partial charge in [0.2, 0.25) is 0 Å². The number of aromatic nitrogens is 3. The van der Waals surface area contributed by atoms with Crippen molar-refractivity contribution in [3.63, 3.8) is 0 Å². The van der Waals surface area contributed by atoms with Gasteiger partial charge in [0.25, 0.3) is 0 Å². The molecule has 0 unspecified atom stereocenters. The van der Waals surface area contributed by atoms with Gasteiger partial charge in [-0.3, -0.25) is 0 Å². The van der Waals surface area contributed by atoms with E-state index in [-0.39, 0.29) is 0 Å². The molecule has 17 heavy (non-hydrogen) atoms. The fraction of sp³-hybridized carbons (Fsp3) is 0.417. The number of halogens is 1. The van der Waals surface area contributed by atoms with Crippen LogP contribution in [0.25, 0.3) is 11.2 Å². The van der Waals surface area contributed by atoms with Crippen molar-refractivity contribution in [2.75, 3.05) is 0 Å². The summed E-state index contributed by atoms with van der Waals surface area (Å²) in [5.74, 6) is 1.03. The molecular formula is C12H13BrN4. The number of imidazole rings is 1. The molecule has 0 aliphatic heterocycles. The number of rotatable bonds is 4. The Morgan fingerprint density at radius 1 is 1.53 bits per heavy atom. The summed E-state index contributed by atoms with van der Waals surface area (Å²) in [6.07, 6.45) is 4.07. The van der Waals surface area contributed by atoms with Crippen molar-refractivity contribution in [1.82, 2.24) is 14.5 Å². The third-order valence-electron chi connectivity index (χ3n) is 2.62. The molecule has 88 valence electrons. The lowest BCUT2D eigenvalue weighted by Crippen LogP contribution is -2.03. The summed E-state index contributed by atoms with van der Waals surface area (Å²) in [4.78, 5) is 8.96. The molecule has 2 heterocycles. The van der Waals surface area contributed by atoms with Crippen LogP contribution in [0.3, 0.4) is 0 Å². The first kappa shape index (κ1) is 12.1. The maximum absolute atomic E-state index is 8.57. The zero-order valence-corrected chi connectivity index (χ0v) is 11.2. The second kappa shape index (κ2) is 5.28. The predicted molar refractivity (Wildman–Crippen MR) is 69.5 cm³/mol. The van der Waals surface area contributed by atoms with Crippen LogP contribution in [-0.2, 0) is 13.0 Å². The highest BCUT2D eigenvalue weighted by atomic mass is 79.9. The standard InChI is InChI=1S/C12H13BrN4/c1-2-11-16-10-7-9(13)8-15-12(10)17(11)6-4-3-5-14/h7-8H,2-4,6H2,1H3. The van der Waals surface area contributed by atoms with Crippen LogP contribution in [0.2, 0.25) is 0 Å². The van der Waals surface area contributed by atoms with E-state index in [9.17, 15) is 0 Å². The van der Waals surface area contributed by atoms with Crippen LogP contribution in [-0.4, -0.2) is 14.5 Å². The van der Waals surface area contributed by atoms with Gasteiger partial charge in [-0.2, -0.15) is 5.26 Å². The second-order valence-corrected chi connectivity index (χ2v) is 4.71. The van der Waals surface area contributed by atoms with E-state index >= 15 is 0 Å². The molecule has 0 bridgehead atoms. The molecule has 0 saturated carbocycles. The first-order valence-electron chi connectivity index (χ1n) is 5.64. The minimum absolute atomic E-state index is 0.569. The zero-order chi connectivity index (χ0) is 12.3. The van der Waals surface area contributed by atoms with E-state index in [4.69, 9.17) is 5.26 Å². The summed E-state index contributed by atoms with van der Waals surface area (Å²) in [5, 5.41) is 8.57. The number of hydrogen-bond donors (Lipinski definition) is 0. The number of unbranched alkanes of at least 4 members (excludes halogenated alkanes) is 1. The van der Waals surface area contributed by atoms with Gasteiger partial charge in [0.15, 0.2) is 5.65 Å². The summed E-state index contributed by atoms with van der Waals surface area (Å²) >= 11 is 3.40. The summed E-state index contributed by atoms with van der Waals surface area (Å²) in [6, 6.07) is 4.14. The molecule has 0 aromatic carbocycles. The monoisotopic (exact) mass is 292 g/mol. The van der Waals surface area contributed by atoms with Gasteiger partial charge in [0.05, 0.1) is 6.07 Å². The highest BCUT2D eigenvalue weighted by Gasteiger charge is 2.10. The summed E-state index contributed by atoms with van der Waals surface area (Å²) in [6.45, 7) is 2.89. The average Bonchev–Trinajstić information content (AvgIpc) is 2.67. The van der Waals surface area contributed by atoms with Gasteiger partial charge in [-0.15, -0.1) is 0 Å². The Kier molecular flexibility index (Phi) is 3.75. The first-order chi connectivity index (χ1) is 8.26. The van der Waals surface area contributed by atoms with Crippen LogP contribution in [0.4, 0.5) is 0 Å². The first-order valence-corrected chi connectivity index (χ1v) is 6.43. The molecular weight excluding hydrogens is 280 g/mol. The molecule has 0 fully saturated rings. The van der Waals surface area contributed by atoms with Gasteiger partial charge in [0.1, 0.15) is 11.3 Å². The average molecular weight is 293 g/mol. The Morgan fingerprint density at radius 2 is 2.35 bits per heavy atom. The quantitative estimate of drug-likeness (QED) is 0.814. The third-order valence-corrected chi connectivity index (χ3v) is 3.05. The number of nitriles is 1. The van der Waals surface area contributed by atoms with Crippen LogP contribution < -0.4 is 0 Å². The Bertz CT molecular complexity index is 568. The summed E-state index contributed by atoms with van der Waals surface area (Å²) in [5.41, 5.74) is 1.82. The molecule has 0 radical (unpaired) electrons. The normalized spacial score (nSPS) is 10.6. The molecule has 0 aliphatic carbocycles. The van der Waals surface area contributed by atoms with Crippen LogP contribution in [0.15, 0.2) is 16.7 Å². The molecule has 0 spiro atoms. The van der Waals surface area contributed by atoms with Crippen molar-refractivity contribution in [1.29, 1.82) is 5.26 Å². The lowest BCUT2D eigenvalue weighted by Gasteiger charge is -2.05. The molecule has 2 rings (SSSR count). The highest BCUT2D eigenvalue weighted by Crippen LogP contribution is 2.19. The number of aryl methyl sites for hydroxylation is 2. The number of pyridine rings is 1. The van der Waals surface area contributed by atoms with Gasteiger partial charge in [0, 0.05) is 30.1 Å². The van der Waals surface area contributed by atoms with E-state index in [1.807, 2.05) is 6.07 Å². The lowest BCUT2D eigenvalue weighted by molar-refractivity contribution is 0.634. The number of hydrogen-bond acceptors (Lipinski definition) is 3. The van der Waals surface area contributed by atoms with Crippen LogP contribution in [0, 0.1) is 11.3 Å². The summed E-state index contributed by atoms with van der Waals surface area (Å²) < 4.78 is 3.05. The van der Waals surface area contributed by atoms with Gasteiger partial charge >= 0.3 is 0 Å². The van der Waals surface area contributed by atoms with E-state index in [0.717, 1.165) is 40.8 Å². The maximum atomic E-state index is 8.57. The topological polar surface area (TPSA) is 54.5 Å². The van der Waals surface area contributed by atoms with Gasteiger partial charge in [-0.05, 0) is 28.4 Å². The van der Waals surface area contributed by atoms with E-state index in [0.29, 0.717) is 6.42 Å². The maximum Gasteiger partial charge on any atom is 0.160 e. The highest BCUT2D eigenvalue weighted by molar-refractivity contribution is 9.10. The molecule has 2 aromatic heterocycles. The van der Waals surface area contributed by atoms with Crippen LogP contribution in [0.1, 0.15) is 25.6 Å². The number of nitrogens with zero attached hydrogens (tertiary/aromatic N) is 4. The predicted octanol–water partition coefficient (Wildman–Crippen LogP) is 3.06. The zero-order valence-electron chi connectivity index (χ0n) is 9.65. The fourth-order valence-corrected chi connectivity index (χ4v) is 2.17. The van der Waals surface area contributed by atoms with E-state index in [1.165, 1.54) is 0 Å². The smallest absolute Gasteiger partial charge is 0.160 e. The third kappa shape index (κ3) is 2.47. The van der Waals surface area contributed by atoms with Crippen LogP contribution >= 0.6 is 15.9 Å². The second-order valence-electron chi connectivity index (χ2n) is 3.79. The van der Waals surface area contributed by atoms with Crippen molar-refractivity contribution >= 4 is 27.1 Å². The minimum Gasteiger partial charge on any atom is -0.313 e. The molecule has 0 saturated heterocycles. The Morgan fingerprint density at radius 3 is 3.06 bits per heavy atom. The molecule has 4 nitrogen and oxygen atoms in total. The number of fused-ring (bicyclic) bond motifs is 1. The SMILES string of the molecule is CCc1nc2cc(Br)cnc2n1CCCC#N. The largest absolute Gasteiger partial charge is 0.313 e. The van der Waals surface area contributed by atoms with Crippen molar-refractivity contribution < 1.29 is 0 Å². The van der Waals surface area contributed by atoms with E-state index < -0.39 is 0 Å². The van der Waals surface area contributed by atoms with Gasteiger partial charge in [-0.1, -0.05) is 6.92 Å². The molecule has 2 aromatic rings. The van der Waals surface area contributed by atoms with Crippen molar-refractivity contribution in [2.24, 2.45) is 0 Å². The minimum atomic E-state index is 0.569. The van der Waals surface area contributed by atoms with Crippen molar-refractivity contribution in [3.8, 4) is 6.07 Å². The van der Waals surface area contributed by atoms with Gasteiger partial charge < -0.3 is 4.57 Å². The Labute approximate surface area is 108 Å². The van der Waals surface area contributed by atoms with Crippen molar-refractivity contribution in [2.45, 2.75) is 32.7 Å². The Balaban J connectivity index is 2.40. The molecule has 0 atom stereocenters. The molecule has 0 aliphatic rings. The molecule has 0 N–H and O–H groups in total. The van der Waals surface area contributed by atoms with E-state index in [1.54, 1.807) is 6.20 Å². The fourth-order valence-electron chi connectivity index (χ4n) is 1.85. The van der Waals surface area contributed by atoms with Crippen LogP contribution in [0.5, 0.6) is 0 Å². The van der Waals surface area contributed by atoms with E-state index in [2.05, 4.69) is 43.5 Å². The van der Waals surface area contributed by atoms with Gasteiger partial charge in [-0.25, -0.2) is 9.97 Å². The molecule has 5 heteroatoms. The van der Waals surface area contributed by atoms with Crippen molar-refractivity contribution in [3.05, 3.63) is 22.6 Å². The molecule has 0 amide bonds. The Hall–Kier alpha value is -1.41. The summed E-state index contributed by atoms with van der Waals surface area (Å²) in [7, 11) is 0. The lowest BCUT2D eigenvalue weighted by atomic mass is 10.3.